The Morgan fingerprint density at radius 3 is 3.00 bits per heavy atom. The lowest BCUT2D eigenvalue weighted by molar-refractivity contribution is 0.340. The molecule has 19 heavy (non-hydrogen) atoms. The quantitative estimate of drug-likeness (QED) is 0.813. The summed E-state index contributed by atoms with van der Waals surface area (Å²) in [6, 6.07) is 9.87. The second-order valence-electron chi connectivity index (χ2n) is 3.93. The maximum absolute atomic E-state index is 6.02. The molecule has 1 N–H and O–H groups in total. The average molecular weight is 342 g/mol. The predicted molar refractivity (Wildman–Crippen MR) is 81.9 cm³/mol. The number of rotatable bonds is 5. The van der Waals surface area contributed by atoms with Gasteiger partial charge in [-0.15, -0.1) is 0 Å². The summed E-state index contributed by atoms with van der Waals surface area (Å²) in [4.78, 5) is 4.07. The SMILES string of the molecule is CCOc1cccc(CNc2cc(Br)cnc2Cl)c1. The summed E-state index contributed by atoms with van der Waals surface area (Å²) in [5.74, 6) is 0.875. The van der Waals surface area contributed by atoms with Crippen molar-refractivity contribution in [2.75, 3.05) is 11.9 Å². The van der Waals surface area contributed by atoms with Crippen LogP contribution < -0.4 is 10.1 Å². The summed E-state index contributed by atoms with van der Waals surface area (Å²) in [6.45, 7) is 3.30. The fourth-order valence-electron chi connectivity index (χ4n) is 1.66. The summed E-state index contributed by atoms with van der Waals surface area (Å²) in [5, 5.41) is 3.72. The summed E-state index contributed by atoms with van der Waals surface area (Å²) in [6.07, 6.45) is 1.67. The molecule has 0 atom stereocenters. The van der Waals surface area contributed by atoms with Crippen molar-refractivity contribution in [3.05, 3.63) is 51.7 Å². The average Bonchev–Trinajstić information content (AvgIpc) is 2.41. The Bertz CT molecular complexity index is 563. The standard InChI is InChI=1S/C14H14BrClN2O/c1-2-19-12-5-3-4-10(6-12)8-17-13-7-11(15)9-18-14(13)16/h3-7,9,17H,2,8H2,1H3. The molecule has 2 aromatic rings. The lowest BCUT2D eigenvalue weighted by atomic mass is 10.2. The van der Waals surface area contributed by atoms with Crippen molar-refractivity contribution in [2.45, 2.75) is 13.5 Å². The second kappa shape index (κ2) is 6.78. The smallest absolute Gasteiger partial charge is 0.152 e. The lowest BCUT2D eigenvalue weighted by Crippen LogP contribution is -2.01. The van der Waals surface area contributed by atoms with Gasteiger partial charge in [0.15, 0.2) is 5.15 Å². The van der Waals surface area contributed by atoms with Crippen molar-refractivity contribution in [2.24, 2.45) is 0 Å². The number of nitrogens with one attached hydrogen (secondary N) is 1. The first kappa shape index (κ1) is 14.2. The molecule has 2 rings (SSSR count). The van der Waals surface area contributed by atoms with Gasteiger partial charge in [0.25, 0.3) is 0 Å². The molecular formula is C14H14BrClN2O. The Hall–Kier alpha value is -1.26. The largest absolute Gasteiger partial charge is 0.494 e. The molecule has 1 heterocycles. The van der Waals surface area contributed by atoms with E-state index in [4.69, 9.17) is 16.3 Å². The van der Waals surface area contributed by atoms with Crippen molar-refractivity contribution in [1.82, 2.24) is 4.98 Å². The topological polar surface area (TPSA) is 34.1 Å². The molecule has 3 nitrogen and oxygen atoms in total. The van der Waals surface area contributed by atoms with Gasteiger partial charge in [-0.3, -0.25) is 0 Å². The van der Waals surface area contributed by atoms with Gasteiger partial charge in [-0.1, -0.05) is 23.7 Å². The van der Waals surface area contributed by atoms with Gasteiger partial charge in [-0.2, -0.15) is 0 Å². The molecule has 5 heteroatoms. The third kappa shape index (κ3) is 4.11. The third-order valence-corrected chi connectivity index (χ3v) is 3.23. The van der Waals surface area contributed by atoms with Gasteiger partial charge in [0.2, 0.25) is 0 Å². The van der Waals surface area contributed by atoms with Crippen LogP contribution in [0, 0.1) is 0 Å². The Balaban J connectivity index is 2.05. The Labute approximate surface area is 126 Å². The van der Waals surface area contributed by atoms with E-state index >= 15 is 0 Å². The number of hydrogen-bond donors (Lipinski definition) is 1. The van der Waals surface area contributed by atoms with Crippen LogP contribution in [0.1, 0.15) is 12.5 Å². The van der Waals surface area contributed by atoms with Gasteiger partial charge in [0.1, 0.15) is 5.75 Å². The molecule has 0 radical (unpaired) electrons. The number of nitrogens with zero attached hydrogens (tertiary/aromatic N) is 1. The zero-order valence-corrected chi connectivity index (χ0v) is 12.8. The van der Waals surface area contributed by atoms with Crippen LogP contribution in [0.5, 0.6) is 5.75 Å². The third-order valence-electron chi connectivity index (χ3n) is 2.50. The summed E-state index contributed by atoms with van der Waals surface area (Å²) in [7, 11) is 0. The molecule has 0 bridgehead atoms. The van der Waals surface area contributed by atoms with E-state index in [-0.39, 0.29) is 0 Å². The van der Waals surface area contributed by atoms with E-state index in [0.29, 0.717) is 18.3 Å². The predicted octanol–water partition coefficient (Wildman–Crippen LogP) is 4.51. The number of benzene rings is 1. The zero-order valence-electron chi connectivity index (χ0n) is 10.5. The maximum atomic E-state index is 6.02. The highest BCUT2D eigenvalue weighted by Gasteiger charge is 2.03. The molecule has 0 saturated carbocycles. The van der Waals surface area contributed by atoms with Crippen LogP contribution in [0.15, 0.2) is 41.0 Å². The number of aromatic nitrogens is 1. The van der Waals surface area contributed by atoms with Crippen molar-refractivity contribution in [3.63, 3.8) is 0 Å². The highest BCUT2D eigenvalue weighted by Crippen LogP contribution is 2.24. The molecule has 0 amide bonds. The molecule has 100 valence electrons. The van der Waals surface area contributed by atoms with Crippen LogP contribution in [-0.2, 0) is 6.54 Å². The van der Waals surface area contributed by atoms with Gasteiger partial charge >= 0.3 is 0 Å². The molecule has 0 aliphatic rings. The molecule has 0 saturated heterocycles. The van der Waals surface area contributed by atoms with Crippen molar-refractivity contribution >= 4 is 33.2 Å². The first-order valence-electron chi connectivity index (χ1n) is 5.95. The highest BCUT2D eigenvalue weighted by atomic mass is 79.9. The first-order valence-corrected chi connectivity index (χ1v) is 7.13. The van der Waals surface area contributed by atoms with Crippen LogP contribution in [0.3, 0.4) is 0 Å². The number of ether oxygens (including phenoxy) is 1. The van der Waals surface area contributed by atoms with E-state index < -0.39 is 0 Å². The molecule has 0 aliphatic heterocycles. The van der Waals surface area contributed by atoms with Crippen molar-refractivity contribution < 1.29 is 4.74 Å². The van der Waals surface area contributed by atoms with Gasteiger partial charge in [0, 0.05) is 17.2 Å². The van der Waals surface area contributed by atoms with Crippen LogP contribution in [-0.4, -0.2) is 11.6 Å². The number of anilines is 1. The Kier molecular flexibility index (Phi) is 5.05. The molecule has 0 spiro atoms. The molecule has 0 unspecified atom stereocenters. The highest BCUT2D eigenvalue weighted by molar-refractivity contribution is 9.10. The molecule has 1 aromatic heterocycles. The van der Waals surface area contributed by atoms with E-state index in [1.54, 1.807) is 6.20 Å². The van der Waals surface area contributed by atoms with Crippen molar-refractivity contribution in [1.29, 1.82) is 0 Å². The van der Waals surface area contributed by atoms with E-state index in [2.05, 4.69) is 26.2 Å². The van der Waals surface area contributed by atoms with E-state index in [0.717, 1.165) is 21.5 Å². The van der Waals surface area contributed by atoms with Crippen molar-refractivity contribution in [3.8, 4) is 5.75 Å². The van der Waals surface area contributed by atoms with Crippen LogP contribution in [0.4, 0.5) is 5.69 Å². The summed E-state index contributed by atoms with van der Waals surface area (Å²) in [5.41, 5.74) is 1.93. The van der Waals surface area contributed by atoms with Gasteiger partial charge < -0.3 is 10.1 Å². The summed E-state index contributed by atoms with van der Waals surface area (Å²) < 4.78 is 6.36. The monoisotopic (exact) mass is 340 g/mol. The van der Waals surface area contributed by atoms with E-state index in [1.807, 2.05) is 37.3 Å². The number of pyridine rings is 1. The fourth-order valence-corrected chi connectivity index (χ4v) is 2.16. The minimum atomic E-state index is 0.462. The number of halogens is 2. The second-order valence-corrected chi connectivity index (χ2v) is 5.20. The minimum absolute atomic E-state index is 0.462. The van der Waals surface area contributed by atoms with Crippen LogP contribution in [0.25, 0.3) is 0 Å². The first-order chi connectivity index (χ1) is 9.19. The lowest BCUT2D eigenvalue weighted by Gasteiger charge is -2.09. The minimum Gasteiger partial charge on any atom is -0.494 e. The van der Waals surface area contributed by atoms with E-state index in [1.165, 1.54) is 0 Å². The van der Waals surface area contributed by atoms with Gasteiger partial charge in [0.05, 0.1) is 12.3 Å². The Morgan fingerprint density at radius 2 is 2.21 bits per heavy atom. The van der Waals surface area contributed by atoms with Crippen LogP contribution >= 0.6 is 27.5 Å². The van der Waals surface area contributed by atoms with E-state index in [9.17, 15) is 0 Å². The molecule has 0 aliphatic carbocycles. The normalized spacial score (nSPS) is 10.3. The van der Waals surface area contributed by atoms with Crippen LogP contribution in [0.2, 0.25) is 5.15 Å². The molecular weight excluding hydrogens is 328 g/mol. The number of hydrogen-bond acceptors (Lipinski definition) is 3. The molecule has 0 fully saturated rings. The fraction of sp³-hybridized carbons (Fsp3) is 0.214. The zero-order chi connectivity index (χ0) is 13.7. The maximum Gasteiger partial charge on any atom is 0.152 e. The van der Waals surface area contributed by atoms with Gasteiger partial charge in [-0.05, 0) is 46.6 Å². The summed E-state index contributed by atoms with van der Waals surface area (Å²) >= 11 is 9.40. The Morgan fingerprint density at radius 1 is 1.37 bits per heavy atom. The van der Waals surface area contributed by atoms with Gasteiger partial charge in [-0.25, -0.2) is 4.98 Å². The molecule has 1 aromatic carbocycles.